The molecule has 0 bridgehead atoms. The minimum Gasteiger partial charge on any atom is -0.391 e. The molecule has 1 N–H and O–H groups in total. The van der Waals surface area contributed by atoms with Crippen molar-refractivity contribution in [3.63, 3.8) is 0 Å². The number of β-amino-alcohol motifs (C(OH)–C–C–N with tert-alkyl or cyclic N) is 1. The maximum atomic E-state index is 12.5. The summed E-state index contributed by atoms with van der Waals surface area (Å²) in [6.07, 6.45) is 2.99. The molecule has 120 valence electrons. The predicted octanol–water partition coefficient (Wildman–Crippen LogP) is 1.87. The van der Waals surface area contributed by atoms with E-state index in [0.29, 0.717) is 19.8 Å². The van der Waals surface area contributed by atoms with Crippen molar-refractivity contribution in [1.29, 1.82) is 0 Å². The fourth-order valence-corrected chi connectivity index (χ4v) is 3.54. The number of amides is 1. The summed E-state index contributed by atoms with van der Waals surface area (Å²) in [6.45, 7) is 2.62. The van der Waals surface area contributed by atoms with E-state index >= 15 is 0 Å². The number of ether oxygens (including phenoxy) is 1. The van der Waals surface area contributed by atoms with Gasteiger partial charge in [0.15, 0.2) is 0 Å². The molecular weight excluding hydrogens is 278 g/mol. The highest BCUT2D eigenvalue weighted by molar-refractivity contribution is 5.79. The van der Waals surface area contributed by atoms with Gasteiger partial charge >= 0.3 is 0 Å². The van der Waals surface area contributed by atoms with E-state index in [0.717, 1.165) is 32.2 Å². The molecule has 2 aliphatic heterocycles. The van der Waals surface area contributed by atoms with Gasteiger partial charge in [0.05, 0.1) is 6.10 Å². The van der Waals surface area contributed by atoms with E-state index in [1.54, 1.807) is 0 Å². The Hall–Kier alpha value is -1.39. The molecule has 2 atom stereocenters. The molecule has 4 nitrogen and oxygen atoms in total. The zero-order valence-corrected chi connectivity index (χ0v) is 13.0. The van der Waals surface area contributed by atoms with Crippen LogP contribution in [0.4, 0.5) is 0 Å². The number of benzene rings is 1. The van der Waals surface area contributed by atoms with E-state index in [1.165, 1.54) is 5.56 Å². The Morgan fingerprint density at radius 2 is 1.91 bits per heavy atom. The maximum Gasteiger partial charge on any atom is 0.225 e. The Balaban J connectivity index is 1.54. The number of hydrogen-bond acceptors (Lipinski definition) is 3. The Labute approximate surface area is 132 Å². The van der Waals surface area contributed by atoms with Crippen molar-refractivity contribution in [2.24, 2.45) is 11.8 Å². The Kier molecular flexibility index (Phi) is 5.11. The number of carbonyl (C=O) groups is 1. The average Bonchev–Trinajstić information content (AvgIpc) is 2.58. The van der Waals surface area contributed by atoms with Crippen LogP contribution in [-0.4, -0.2) is 48.3 Å². The first-order chi connectivity index (χ1) is 10.7. The quantitative estimate of drug-likeness (QED) is 0.927. The second kappa shape index (κ2) is 7.25. The second-order valence-corrected chi connectivity index (χ2v) is 6.48. The zero-order chi connectivity index (χ0) is 15.4. The van der Waals surface area contributed by atoms with Crippen molar-refractivity contribution in [1.82, 2.24) is 4.90 Å². The molecule has 0 spiro atoms. The molecule has 1 aromatic carbocycles. The van der Waals surface area contributed by atoms with E-state index in [9.17, 15) is 9.90 Å². The van der Waals surface area contributed by atoms with Gasteiger partial charge in [-0.3, -0.25) is 4.79 Å². The van der Waals surface area contributed by atoms with E-state index in [2.05, 4.69) is 12.1 Å². The summed E-state index contributed by atoms with van der Waals surface area (Å²) < 4.78 is 5.32. The fraction of sp³-hybridized carbons (Fsp3) is 0.611. The van der Waals surface area contributed by atoms with E-state index in [-0.39, 0.29) is 17.7 Å². The van der Waals surface area contributed by atoms with Crippen molar-refractivity contribution in [3.8, 4) is 0 Å². The lowest BCUT2D eigenvalue weighted by Crippen LogP contribution is -2.49. The molecule has 2 aliphatic rings. The molecule has 0 aliphatic carbocycles. The summed E-state index contributed by atoms with van der Waals surface area (Å²) in [5.74, 6) is 0.549. The van der Waals surface area contributed by atoms with Gasteiger partial charge < -0.3 is 14.7 Å². The molecule has 3 rings (SSSR count). The number of nitrogens with zero attached hydrogens (tertiary/aromatic N) is 1. The largest absolute Gasteiger partial charge is 0.391 e. The van der Waals surface area contributed by atoms with E-state index in [4.69, 9.17) is 4.74 Å². The first-order valence-corrected chi connectivity index (χ1v) is 8.32. The molecule has 1 amide bonds. The third-order valence-corrected chi connectivity index (χ3v) is 4.94. The smallest absolute Gasteiger partial charge is 0.225 e. The average molecular weight is 303 g/mol. The lowest BCUT2D eigenvalue weighted by molar-refractivity contribution is -0.143. The monoisotopic (exact) mass is 303 g/mol. The van der Waals surface area contributed by atoms with Gasteiger partial charge in [-0.25, -0.2) is 0 Å². The van der Waals surface area contributed by atoms with E-state index < -0.39 is 6.10 Å². The van der Waals surface area contributed by atoms with Gasteiger partial charge in [0, 0.05) is 32.2 Å². The molecule has 4 heteroatoms. The van der Waals surface area contributed by atoms with Gasteiger partial charge in [0.25, 0.3) is 0 Å². The van der Waals surface area contributed by atoms with Crippen LogP contribution in [0.5, 0.6) is 0 Å². The molecule has 0 aromatic heterocycles. The number of rotatable bonds is 3. The second-order valence-electron chi connectivity index (χ2n) is 6.48. The van der Waals surface area contributed by atoms with Crippen molar-refractivity contribution in [2.75, 3.05) is 26.3 Å². The number of aliphatic hydroxyl groups excluding tert-OH is 1. The molecule has 2 heterocycles. The van der Waals surface area contributed by atoms with Crippen LogP contribution in [0.25, 0.3) is 0 Å². The van der Waals surface area contributed by atoms with Gasteiger partial charge in [0.1, 0.15) is 0 Å². The predicted molar refractivity (Wildman–Crippen MR) is 84.4 cm³/mol. The summed E-state index contributed by atoms with van der Waals surface area (Å²) in [4.78, 5) is 14.4. The fourth-order valence-electron chi connectivity index (χ4n) is 3.54. The SMILES string of the molecule is O=C(C1CCOCC1)N1CC[C@H](Cc2ccccc2)[C@H](O)C1. The third kappa shape index (κ3) is 3.68. The summed E-state index contributed by atoms with van der Waals surface area (Å²) >= 11 is 0. The summed E-state index contributed by atoms with van der Waals surface area (Å²) in [5, 5.41) is 10.4. The lowest BCUT2D eigenvalue weighted by Gasteiger charge is -2.38. The number of aliphatic hydroxyl groups is 1. The molecule has 0 saturated carbocycles. The van der Waals surface area contributed by atoms with Crippen LogP contribution in [0.1, 0.15) is 24.8 Å². The van der Waals surface area contributed by atoms with Gasteiger partial charge in [-0.15, -0.1) is 0 Å². The van der Waals surface area contributed by atoms with Crippen molar-refractivity contribution >= 4 is 5.91 Å². The molecule has 2 fully saturated rings. The zero-order valence-electron chi connectivity index (χ0n) is 13.0. The van der Waals surface area contributed by atoms with Crippen LogP contribution in [0.2, 0.25) is 0 Å². The highest BCUT2D eigenvalue weighted by Gasteiger charge is 2.33. The minimum atomic E-state index is -0.419. The van der Waals surface area contributed by atoms with Crippen LogP contribution >= 0.6 is 0 Å². The molecule has 2 saturated heterocycles. The van der Waals surface area contributed by atoms with Crippen molar-refractivity contribution in [3.05, 3.63) is 35.9 Å². The highest BCUT2D eigenvalue weighted by atomic mass is 16.5. The maximum absolute atomic E-state index is 12.5. The first kappa shape index (κ1) is 15.5. The minimum absolute atomic E-state index is 0.0895. The number of carbonyl (C=O) groups excluding carboxylic acids is 1. The highest BCUT2D eigenvalue weighted by Crippen LogP contribution is 2.25. The summed E-state index contributed by atoms with van der Waals surface area (Å²) in [7, 11) is 0. The van der Waals surface area contributed by atoms with Crippen molar-refractivity contribution in [2.45, 2.75) is 31.8 Å². The Morgan fingerprint density at radius 3 is 2.59 bits per heavy atom. The van der Waals surface area contributed by atoms with Crippen LogP contribution in [0.3, 0.4) is 0 Å². The van der Waals surface area contributed by atoms with Crippen LogP contribution in [0, 0.1) is 11.8 Å². The lowest BCUT2D eigenvalue weighted by atomic mass is 9.87. The molecule has 22 heavy (non-hydrogen) atoms. The molecular formula is C18H25NO3. The molecule has 0 radical (unpaired) electrons. The summed E-state index contributed by atoms with van der Waals surface area (Å²) in [5.41, 5.74) is 1.26. The van der Waals surface area contributed by atoms with Gasteiger partial charge in [0.2, 0.25) is 5.91 Å². The molecule has 0 unspecified atom stereocenters. The first-order valence-electron chi connectivity index (χ1n) is 8.32. The van der Waals surface area contributed by atoms with Crippen LogP contribution < -0.4 is 0 Å². The Morgan fingerprint density at radius 1 is 1.18 bits per heavy atom. The van der Waals surface area contributed by atoms with Crippen LogP contribution in [0.15, 0.2) is 30.3 Å². The standard InChI is InChI=1S/C18H25NO3/c20-17-13-19(18(21)15-7-10-22-11-8-15)9-6-16(17)12-14-4-2-1-3-5-14/h1-5,15-17,20H,6-13H2/t16-,17-/m1/s1. The number of hydrogen-bond donors (Lipinski definition) is 1. The topological polar surface area (TPSA) is 49.8 Å². The van der Waals surface area contributed by atoms with Gasteiger partial charge in [-0.1, -0.05) is 30.3 Å². The normalized spacial score (nSPS) is 26.9. The number of likely N-dealkylation sites (tertiary alicyclic amines) is 1. The van der Waals surface area contributed by atoms with Crippen molar-refractivity contribution < 1.29 is 14.6 Å². The van der Waals surface area contributed by atoms with Crippen LogP contribution in [-0.2, 0) is 16.0 Å². The Bertz CT molecular complexity index is 484. The third-order valence-electron chi connectivity index (χ3n) is 4.94. The van der Waals surface area contributed by atoms with Gasteiger partial charge in [-0.2, -0.15) is 0 Å². The molecule has 1 aromatic rings. The number of piperidine rings is 1. The van der Waals surface area contributed by atoms with E-state index in [1.807, 2.05) is 23.1 Å². The summed E-state index contributed by atoms with van der Waals surface area (Å²) in [6, 6.07) is 10.3. The van der Waals surface area contributed by atoms with Gasteiger partial charge in [-0.05, 0) is 37.2 Å².